The molecule has 0 aliphatic carbocycles. The van der Waals surface area contributed by atoms with Crippen molar-refractivity contribution >= 4 is 67.4 Å². The maximum absolute atomic E-state index is 12.7. The highest BCUT2D eigenvalue weighted by molar-refractivity contribution is 9.11. The molecule has 4 rings (SSSR count). The largest absolute Gasteiger partial charge is 0.497 e. The first-order chi connectivity index (χ1) is 15.8. The molecule has 3 aromatic carbocycles. The standard InChI is InChI=1S/C24H14Br2ClNO5/c1-31-18-4-2-3-14(10-18)22-28-20(24(30)33-22)11-15-9-16(25)12-19(26)21(15)32-23(29)13-5-7-17(27)8-6-13/h2-12H,1H3/b20-11-. The van der Waals surface area contributed by atoms with Crippen molar-refractivity contribution in [1.29, 1.82) is 0 Å². The summed E-state index contributed by atoms with van der Waals surface area (Å²) in [5.41, 5.74) is 1.42. The van der Waals surface area contributed by atoms with Crippen LogP contribution in [0.15, 0.2) is 80.3 Å². The van der Waals surface area contributed by atoms with E-state index in [1.54, 1.807) is 67.8 Å². The molecule has 33 heavy (non-hydrogen) atoms. The molecule has 0 spiro atoms. The number of carbonyl (C=O) groups excluding carboxylic acids is 2. The van der Waals surface area contributed by atoms with E-state index < -0.39 is 11.9 Å². The van der Waals surface area contributed by atoms with Crippen molar-refractivity contribution in [2.24, 2.45) is 4.99 Å². The highest BCUT2D eigenvalue weighted by atomic mass is 79.9. The summed E-state index contributed by atoms with van der Waals surface area (Å²) < 4.78 is 17.4. The predicted octanol–water partition coefficient (Wildman–Crippen LogP) is 6.44. The number of aliphatic imine (C=N–C) groups is 1. The average molecular weight is 592 g/mol. The molecule has 0 bridgehead atoms. The Morgan fingerprint density at radius 1 is 1.09 bits per heavy atom. The number of rotatable bonds is 5. The van der Waals surface area contributed by atoms with Crippen LogP contribution in [0, 0.1) is 0 Å². The molecule has 3 aromatic rings. The molecule has 9 heteroatoms. The van der Waals surface area contributed by atoms with E-state index in [9.17, 15) is 9.59 Å². The summed E-state index contributed by atoms with van der Waals surface area (Å²) >= 11 is 12.7. The molecule has 0 aromatic heterocycles. The Morgan fingerprint density at radius 3 is 2.58 bits per heavy atom. The lowest BCUT2D eigenvalue weighted by Gasteiger charge is -2.11. The number of esters is 2. The van der Waals surface area contributed by atoms with Crippen molar-refractivity contribution in [3.63, 3.8) is 0 Å². The van der Waals surface area contributed by atoms with Crippen molar-refractivity contribution in [1.82, 2.24) is 0 Å². The van der Waals surface area contributed by atoms with E-state index in [1.807, 2.05) is 0 Å². The van der Waals surface area contributed by atoms with Crippen molar-refractivity contribution in [3.8, 4) is 11.5 Å². The molecule has 0 radical (unpaired) electrons. The second-order valence-electron chi connectivity index (χ2n) is 6.77. The molecular weight excluding hydrogens is 578 g/mol. The van der Waals surface area contributed by atoms with Gasteiger partial charge in [0.1, 0.15) is 5.75 Å². The Morgan fingerprint density at radius 2 is 1.85 bits per heavy atom. The second-order valence-corrected chi connectivity index (χ2v) is 8.98. The van der Waals surface area contributed by atoms with E-state index in [-0.39, 0.29) is 17.3 Å². The number of ether oxygens (including phenoxy) is 3. The summed E-state index contributed by atoms with van der Waals surface area (Å²) in [6.07, 6.45) is 1.50. The lowest BCUT2D eigenvalue weighted by atomic mass is 10.1. The summed E-state index contributed by atoms with van der Waals surface area (Å²) in [4.78, 5) is 29.5. The molecule has 166 valence electrons. The molecule has 0 amide bonds. The average Bonchev–Trinajstić information content (AvgIpc) is 3.16. The fourth-order valence-corrected chi connectivity index (χ4v) is 4.43. The van der Waals surface area contributed by atoms with Gasteiger partial charge >= 0.3 is 11.9 Å². The van der Waals surface area contributed by atoms with Crippen LogP contribution in [0.25, 0.3) is 6.08 Å². The lowest BCUT2D eigenvalue weighted by molar-refractivity contribution is -0.129. The Balaban J connectivity index is 1.69. The lowest BCUT2D eigenvalue weighted by Crippen LogP contribution is -2.10. The minimum Gasteiger partial charge on any atom is -0.497 e. The van der Waals surface area contributed by atoms with Crippen LogP contribution in [0.5, 0.6) is 11.5 Å². The zero-order chi connectivity index (χ0) is 23.5. The minimum absolute atomic E-state index is 0.0570. The number of hydrogen-bond acceptors (Lipinski definition) is 6. The molecule has 0 unspecified atom stereocenters. The van der Waals surface area contributed by atoms with Crippen molar-refractivity contribution in [2.45, 2.75) is 0 Å². The Kier molecular flexibility index (Phi) is 6.97. The first kappa shape index (κ1) is 23.2. The smallest absolute Gasteiger partial charge is 0.363 e. The van der Waals surface area contributed by atoms with Crippen LogP contribution in [0.2, 0.25) is 5.02 Å². The van der Waals surface area contributed by atoms with Crippen LogP contribution in [0.3, 0.4) is 0 Å². The Labute approximate surface area is 211 Å². The number of nitrogens with zero attached hydrogens (tertiary/aromatic N) is 1. The van der Waals surface area contributed by atoms with E-state index in [2.05, 4.69) is 36.9 Å². The number of methoxy groups -OCH3 is 1. The SMILES string of the molecule is COc1cccc(C2=N/C(=C\c3cc(Br)cc(Br)c3OC(=O)c3ccc(Cl)cc3)C(=O)O2)c1. The summed E-state index contributed by atoms with van der Waals surface area (Å²) in [5, 5.41) is 0.506. The molecule has 1 heterocycles. The molecule has 1 aliphatic rings. The van der Waals surface area contributed by atoms with Gasteiger partial charge in [-0.25, -0.2) is 14.6 Å². The van der Waals surface area contributed by atoms with Crippen LogP contribution in [0.4, 0.5) is 0 Å². The van der Waals surface area contributed by atoms with E-state index in [1.165, 1.54) is 6.08 Å². The molecular formula is C24H14Br2ClNO5. The summed E-state index contributed by atoms with van der Waals surface area (Å²) in [5.74, 6) is -0.221. The summed E-state index contributed by atoms with van der Waals surface area (Å²) in [6, 6.07) is 16.8. The summed E-state index contributed by atoms with van der Waals surface area (Å²) in [6.45, 7) is 0. The van der Waals surface area contributed by atoms with Crippen LogP contribution >= 0.6 is 43.5 Å². The highest BCUT2D eigenvalue weighted by Gasteiger charge is 2.26. The van der Waals surface area contributed by atoms with Gasteiger partial charge in [-0.3, -0.25) is 0 Å². The van der Waals surface area contributed by atoms with Gasteiger partial charge in [0.2, 0.25) is 5.90 Å². The third-order valence-corrected chi connectivity index (χ3v) is 5.84. The van der Waals surface area contributed by atoms with E-state index >= 15 is 0 Å². The zero-order valence-electron chi connectivity index (χ0n) is 17.0. The van der Waals surface area contributed by atoms with Gasteiger partial charge in [0.25, 0.3) is 0 Å². The normalized spacial score (nSPS) is 14.1. The highest BCUT2D eigenvalue weighted by Crippen LogP contribution is 2.36. The van der Waals surface area contributed by atoms with Gasteiger partial charge in [-0.05, 0) is 76.6 Å². The molecule has 0 atom stereocenters. The third-order valence-electron chi connectivity index (χ3n) is 4.54. The molecule has 0 fully saturated rings. The van der Waals surface area contributed by atoms with Gasteiger partial charge < -0.3 is 14.2 Å². The minimum atomic E-state index is -0.626. The van der Waals surface area contributed by atoms with E-state index in [0.717, 1.165) is 0 Å². The van der Waals surface area contributed by atoms with Crippen molar-refractivity contribution in [3.05, 3.63) is 97.0 Å². The molecule has 6 nitrogen and oxygen atoms in total. The van der Waals surface area contributed by atoms with E-state index in [4.69, 9.17) is 25.8 Å². The quantitative estimate of drug-likeness (QED) is 0.194. The molecule has 0 saturated carbocycles. The first-order valence-electron chi connectivity index (χ1n) is 9.48. The fourth-order valence-electron chi connectivity index (χ4n) is 2.97. The summed E-state index contributed by atoms with van der Waals surface area (Å²) in [7, 11) is 1.55. The van der Waals surface area contributed by atoms with Crippen LogP contribution in [-0.2, 0) is 9.53 Å². The van der Waals surface area contributed by atoms with Gasteiger partial charge in [0, 0.05) is 20.6 Å². The number of benzene rings is 3. The van der Waals surface area contributed by atoms with Gasteiger partial charge in [-0.15, -0.1) is 0 Å². The second kappa shape index (κ2) is 9.91. The van der Waals surface area contributed by atoms with Crippen LogP contribution in [-0.4, -0.2) is 24.9 Å². The molecule has 0 N–H and O–H groups in total. The topological polar surface area (TPSA) is 74.2 Å². The number of hydrogen-bond donors (Lipinski definition) is 0. The fraction of sp³-hybridized carbons (Fsp3) is 0.0417. The third kappa shape index (κ3) is 5.35. The maximum atomic E-state index is 12.7. The predicted molar refractivity (Wildman–Crippen MR) is 132 cm³/mol. The van der Waals surface area contributed by atoms with Gasteiger partial charge in [0.15, 0.2) is 11.4 Å². The number of cyclic esters (lactones) is 1. The number of carbonyl (C=O) groups is 2. The van der Waals surface area contributed by atoms with Crippen LogP contribution < -0.4 is 9.47 Å². The molecule has 0 saturated heterocycles. The molecule has 1 aliphatic heterocycles. The van der Waals surface area contributed by atoms with Gasteiger partial charge in [-0.1, -0.05) is 33.6 Å². The van der Waals surface area contributed by atoms with Crippen molar-refractivity contribution < 1.29 is 23.8 Å². The Bertz CT molecular complexity index is 1320. The maximum Gasteiger partial charge on any atom is 0.363 e. The Hall–Kier alpha value is -2.94. The van der Waals surface area contributed by atoms with Crippen LogP contribution in [0.1, 0.15) is 21.5 Å². The first-order valence-corrected chi connectivity index (χ1v) is 11.4. The number of halogens is 3. The van der Waals surface area contributed by atoms with Gasteiger partial charge in [0.05, 0.1) is 17.1 Å². The van der Waals surface area contributed by atoms with Crippen molar-refractivity contribution in [2.75, 3.05) is 7.11 Å². The monoisotopic (exact) mass is 589 g/mol. The van der Waals surface area contributed by atoms with E-state index in [0.29, 0.717) is 36.4 Å². The zero-order valence-corrected chi connectivity index (χ0v) is 20.9. The van der Waals surface area contributed by atoms with Gasteiger partial charge in [-0.2, -0.15) is 0 Å².